The summed E-state index contributed by atoms with van der Waals surface area (Å²) in [6.45, 7) is 4.36. The van der Waals surface area contributed by atoms with E-state index in [4.69, 9.17) is 16.3 Å². The van der Waals surface area contributed by atoms with Gasteiger partial charge in [0.15, 0.2) is 5.82 Å². The highest BCUT2D eigenvalue weighted by Crippen LogP contribution is 2.25. The Labute approximate surface area is 99.8 Å². The van der Waals surface area contributed by atoms with Crippen LogP contribution in [0.5, 0.6) is 0 Å². The number of anilines is 2. The predicted molar refractivity (Wildman–Crippen MR) is 64.2 cm³/mol. The quantitative estimate of drug-likeness (QED) is 0.850. The summed E-state index contributed by atoms with van der Waals surface area (Å²) in [5, 5.41) is 3.48. The third-order valence-electron chi connectivity index (χ3n) is 2.49. The lowest BCUT2D eigenvalue weighted by Crippen LogP contribution is -2.41. The lowest BCUT2D eigenvalue weighted by molar-refractivity contribution is 0.0529. The van der Waals surface area contributed by atoms with Crippen LogP contribution in [0.4, 0.5) is 11.8 Å². The van der Waals surface area contributed by atoms with E-state index in [0.717, 1.165) is 18.9 Å². The van der Waals surface area contributed by atoms with Crippen LogP contribution in [0.15, 0.2) is 6.20 Å². The number of halogens is 1. The van der Waals surface area contributed by atoms with Crippen molar-refractivity contribution in [3.63, 3.8) is 0 Å². The normalized spacial score (nSPS) is 20.9. The second-order valence-corrected chi connectivity index (χ2v) is 4.15. The molecule has 0 saturated carbocycles. The van der Waals surface area contributed by atoms with Crippen LogP contribution >= 0.6 is 11.6 Å². The predicted octanol–water partition coefficient (Wildman–Crippen LogP) is 1.40. The molecule has 0 amide bonds. The average molecular weight is 243 g/mol. The molecule has 1 aliphatic heterocycles. The number of nitrogens with one attached hydrogen (secondary N) is 1. The number of hydrogen-bond acceptors (Lipinski definition) is 5. The van der Waals surface area contributed by atoms with Crippen molar-refractivity contribution in [1.82, 2.24) is 9.97 Å². The van der Waals surface area contributed by atoms with E-state index in [1.54, 1.807) is 13.2 Å². The molecule has 1 N–H and O–H groups in total. The van der Waals surface area contributed by atoms with E-state index in [1.165, 1.54) is 0 Å². The van der Waals surface area contributed by atoms with Gasteiger partial charge in [-0.2, -0.15) is 4.98 Å². The number of rotatable bonds is 2. The molecule has 5 nitrogen and oxygen atoms in total. The zero-order chi connectivity index (χ0) is 11.5. The van der Waals surface area contributed by atoms with Crippen LogP contribution in [-0.4, -0.2) is 42.8 Å². The zero-order valence-electron chi connectivity index (χ0n) is 9.40. The lowest BCUT2D eigenvalue weighted by Gasteiger charge is -2.32. The fraction of sp³-hybridized carbons (Fsp3) is 0.600. The molecule has 1 saturated heterocycles. The van der Waals surface area contributed by atoms with Crippen molar-refractivity contribution in [2.45, 2.75) is 13.0 Å². The van der Waals surface area contributed by atoms with Gasteiger partial charge >= 0.3 is 0 Å². The first-order chi connectivity index (χ1) is 7.70. The Kier molecular flexibility index (Phi) is 3.46. The summed E-state index contributed by atoms with van der Waals surface area (Å²) in [5.41, 5.74) is 0. The van der Waals surface area contributed by atoms with Crippen LogP contribution in [0, 0.1) is 0 Å². The van der Waals surface area contributed by atoms with Crippen LogP contribution in [0.1, 0.15) is 6.92 Å². The highest BCUT2D eigenvalue weighted by molar-refractivity contribution is 6.32. The second-order valence-electron chi connectivity index (χ2n) is 3.74. The Hall–Kier alpha value is -1.07. The highest BCUT2D eigenvalue weighted by atomic mass is 35.5. The smallest absolute Gasteiger partial charge is 0.224 e. The fourth-order valence-corrected chi connectivity index (χ4v) is 1.92. The fourth-order valence-electron chi connectivity index (χ4n) is 1.71. The minimum absolute atomic E-state index is 0.206. The van der Waals surface area contributed by atoms with E-state index in [1.807, 2.05) is 6.92 Å². The molecule has 0 bridgehead atoms. The van der Waals surface area contributed by atoms with Crippen molar-refractivity contribution in [2.75, 3.05) is 37.0 Å². The third kappa shape index (κ3) is 2.36. The van der Waals surface area contributed by atoms with E-state index in [-0.39, 0.29) is 6.10 Å². The molecule has 0 aliphatic carbocycles. The molecule has 2 heterocycles. The second kappa shape index (κ2) is 4.84. The van der Waals surface area contributed by atoms with Gasteiger partial charge in [-0.1, -0.05) is 11.6 Å². The maximum absolute atomic E-state index is 6.10. The first kappa shape index (κ1) is 11.4. The summed E-state index contributed by atoms with van der Waals surface area (Å²) < 4.78 is 5.48. The molecular weight excluding hydrogens is 228 g/mol. The van der Waals surface area contributed by atoms with Crippen LogP contribution in [0.3, 0.4) is 0 Å². The minimum atomic E-state index is 0.206. The van der Waals surface area contributed by atoms with E-state index in [0.29, 0.717) is 17.6 Å². The number of nitrogens with zero attached hydrogens (tertiary/aromatic N) is 3. The topological polar surface area (TPSA) is 50.3 Å². The molecular formula is C10H15ClN4O. The SMILES string of the molecule is CNc1ncc(Cl)c(N2CCOC(C)C2)n1. The van der Waals surface area contributed by atoms with Crippen molar-refractivity contribution in [2.24, 2.45) is 0 Å². The summed E-state index contributed by atoms with van der Waals surface area (Å²) in [6.07, 6.45) is 1.83. The monoisotopic (exact) mass is 242 g/mol. The molecule has 0 radical (unpaired) electrons. The van der Waals surface area contributed by atoms with Gasteiger partial charge in [0.05, 0.1) is 18.9 Å². The highest BCUT2D eigenvalue weighted by Gasteiger charge is 2.20. The van der Waals surface area contributed by atoms with Crippen molar-refractivity contribution < 1.29 is 4.74 Å². The molecule has 1 aliphatic rings. The molecule has 1 unspecified atom stereocenters. The van der Waals surface area contributed by atoms with Gasteiger partial charge in [-0.05, 0) is 6.92 Å². The van der Waals surface area contributed by atoms with Gasteiger partial charge in [0.1, 0.15) is 5.02 Å². The zero-order valence-corrected chi connectivity index (χ0v) is 10.2. The molecule has 1 fully saturated rings. The molecule has 2 rings (SSSR count). The molecule has 6 heteroatoms. The summed E-state index contributed by atoms with van der Waals surface area (Å²) in [7, 11) is 1.79. The van der Waals surface area contributed by atoms with Gasteiger partial charge in [0.25, 0.3) is 0 Å². The van der Waals surface area contributed by atoms with Gasteiger partial charge in [0, 0.05) is 20.1 Å². The van der Waals surface area contributed by atoms with Crippen molar-refractivity contribution in [1.29, 1.82) is 0 Å². The lowest BCUT2D eigenvalue weighted by atomic mass is 10.3. The van der Waals surface area contributed by atoms with Gasteiger partial charge in [-0.25, -0.2) is 4.98 Å². The van der Waals surface area contributed by atoms with Crippen molar-refractivity contribution >= 4 is 23.4 Å². The average Bonchev–Trinajstić information content (AvgIpc) is 2.30. The van der Waals surface area contributed by atoms with Gasteiger partial charge in [0.2, 0.25) is 5.95 Å². The number of hydrogen-bond donors (Lipinski definition) is 1. The van der Waals surface area contributed by atoms with Gasteiger partial charge in [-0.15, -0.1) is 0 Å². The Morgan fingerprint density at radius 1 is 1.62 bits per heavy atom. The molecule has 88 valence electrons. The molecule has 0 spiro atoms. The van der Waals surface area contributed by atoms with Crippen molar-refractivity contribution in [3.05, 3.63) is 11.2 Å². The van der Waals surface area contributed by atoms with Crippen LogP contribution in [-0.2, 0) is 4.74 Å². The molecule has 1 atom stereocenters. The van der Waals surface area contributed by atoms with Crippen LogP contribution < -0.4 is 10.2 Å². The van der Waals surface area contributed by atoms with Crippen LogP contribution in [0.2, 0.25) is 5.02 Å². The number of ether oxygens (including phenoxy) is 1. The Morgan fingerprint density at radius 3 is 3.12 bits per heavy atom. The van der Waals surface area contributed by atoms with Crippen LogP contribution in [0.25, 0.3) is 0 Å². The van der Waals surface area contributed by atoms with Crippen molar-refractivity contribution in [3.8, 4) is 0 Å². The third-order valence-corrected chi connectivity index (χ3v) is 2.76. The molecule has 1 aromatic rings. The first-order valence-corrected chi connectivity index (χ1v) is 5.65. The Balaban J connectivity index is 2.24. The maximum Gasteiger partial charge on any atom is 0.224 e. The van der Waals surface area contributed by atoms with Gasteiger partial charge < -0.3 is 15.0 Å². The molecule has 1 aromatic heterocycles. The summed E-state index contributed by atoms with van der Waals surface area (Å²) in [4.78, 5) is 10.5. The summed E-state index contributed by atoms with van der Waals surface area (Å²) >= 11 is 6.10. The van der Waals surface area contributed by atoms with Gasteiger partial charge in [-0.3, -0.25) is 0 Å². The summed E-state index contributed by atoms with van der Waals surface area (Å²) in [5.74, 6) is 1.36. The standard InChI is InChI=1S/C10H15ClN4O/c1-7-6-15(3-4-16-7)9-8(11)5-13-10(12-2)14-9/h5,7H,3-4,6H2,1-2H3,(H,12,13,14). The maximum atomic E-state index is 6.10. The number of morpholine rings is 1. The first-order valence-electron chi connectivity index (χ1n) is 5.27. The summed E-state index contributed by atoms with van der Waals surface area (Å²) in [6, 6.07) is 0. The molecule has 0 aromatic carbocycles. The van der Waals surface area contributed by atoms with E-state index >= 15 is 0 Å². The Bertz CT molecular complexity index is 374. The molecule has 16 heavy (non-hydrogen) atoms. The van der Waals surface area contributed by atoms with E-state index in [9.17, 15) is 0 Å². The minimum Gasteiger partial charge on any atom is -0.375 e. The van der Waals surface area contributed by atoms with E-state index in [2.05, 4.69) is 20.2 Å². The Morgan fingerprint density at radius 2 is 2.44 bits per heavy atom. The largest absolute Gasteiger partial charge is 0.375 e. The number of aromatic nitrogens is 2. The van der Waals surface area contributed by atoms with E-state index < -0.39 is 0 Å².